The largest absolute Gasteiger partial charge is 0.470 e. The third-order valence-corrected chi connectivity index (χ3v) is 4.50. The molecule has 0 radical (unpaired) electrons. The highest BCUT2D eigenvalue weighted by Crippen LogP contribution is 2.20. The van der Waals surface area contributed by atoms with E-state index >= 15 is 0 Å². The van der Waals surface area contributed by atoms with E-state index in [2.05, 4.69) is 15.1 Å². The zero-order valence-electron chi connectivity index (χ0n) is 12.5. The van der Waals surface area contributed by atoms with E-state index in [9.17, 15) is 4.79 Å². The Bertz CT molecular complexity index is 839. The van der Waals surface area contributed by atoms with E-state index in [1.807, 2.05) is 34.7 Å². The average molecular weight is 329 g/mol. The average Bonchev–Trinajstić information content (AvgIpc) is 3.12. The van der Waals surface area contributed by atoms with Crippen molar-refractivity contribution in [2.75, 3.05) is 13.1 Å². The summed E-state index contributed by atoms with van der Waals surface area (Å²) in [5.74, 6) is 1.27. The maximum absolute atomic E-state index is 12.2. The summed E-state index contributed by atoms with van der Waals surface area (Å²) in [5, 5.41) is 8.11. The van der Waals surface area contributed by atoms with E-state index < -0.39 is 0 Å². The second kappa shape index (κ2) is 5.62. The van der Waals surface area contributed by atoms with Crippen LogP contribution in [-0.2, 0) is 11.2 Å². The zero-order chi connectivity index (χ0) is 15.8. The fraction of sp³-hybridized carbons (Fsp3) is 0.333. The van der Waals surface area contributed by atoms with Crippen LogP contribution in [0.15, 0.2) is 29.2 Å². The number of aromatic nitrogens is 4. The Morgan fingerprint density at radius 2 is 2.35 bits per heavy atom. The number of hydrogen-bond donors (Lipinski definition) is 0. The van der Waals surface area contributed by atoms with E-state index in [1.54, 1.807) is 15.9 Å². The van der Waals surface area contributed by atoms with Crippen molar-refractivity contribution >= 4 is 23.0 Å². The van der Waals surface area contributed by atoms with Gasteiger partial charge in [-0.3, -0.25) is 4.79 Å². The van der Waals surface area contributed by atoms with Crippen molar-refractivity contribution < 1.29 is 9.53 Å². The second-order valence-electron chi connectivity index (χ2n) is 5.55. The number of thiophene rings is 1. The molecule has 1 aliphatic rings. The van der Waals surface area contributed by atoms with E-state index in [0.29, 0.717) is 31.2 Å². The smallest absolute Gasteiger partial charge is 0.255 e. The van der Waals surface area contributed by atoms with Gasteiger partial charge in [0.05, 0.1) is 19.5 Å². The number of nitrogens with zero attached hydrogens (tertiary/aromatic N) is 5. The summed E-state index contributed by atoms with van der Waals surface area (Å²) in [6, 6.07) is 3.81. The molecule has 1 aliphatic heterocycles. The molecule has 118 valence electrons. The summed E-state index contributed by atoms with van der Waals surface area (Å²) in [6.07, 6.45) is 1.89. The van der Waals surface area contributed by atoms with Crippen LogP contribution in [0.25, 0.3) is 5.78 Å². The molecule has 0 aromatic carbocycles. The highest BCUT2D eigenvalue weighted by Gasteiger charge is 2.32. The minimum Gasteiger partial charge on any atom is -0.470 e. The molecule has 1 amide bonds. The summed E-state index contributed by atoms with van der Waals surface area (Å²) in [4.78, 5) is 22.3. The minimum atomic E-state index is -0.0179. The van der Waals surface area contributed by atoms with Gasteiger partial charge < -0.3 is 9.64 Å². The highest BCUT2D eigenvalue weighted by atomic mass is 32.1. The van der Waals surface area contributed by atoms with Gasteiger partial charge in [0.15, 0.2) is 0 Å². The molecule has 4 heterocycles. The van der Waals surface area contributed by atoms with E-state index in [-0.39, 0.29) is 12.0 Å². The summed E-state index contributed by atoms with van der Waals surface area (Å²) in [6.45, 7) is 3.08. The van der Waals surface area contributed by atoms with Crippen molar-refractivity contribution in [1.29, 1.82) is 0 Å². The zero-order valence-corrected chi connectivity index (χ0v) is 13.4. The molecule has 0 atom stereocenters. The van der Waals surface area contributed by atoms with E-state index in [4.69, 9.17) is 4.74 Å². The van der Waals surface area contributed by atoms with Crippen molar-refractivity contribution in [1.82, 2.24) is 24.5 Å². The van der Waals surface area contributed by atoms with Crippen LogP contribution in [0, 0.1) is 6.92 Å². The first kappa shape index (κ1) is 14.1. The van der Waals surface area contributed by atoms with Gasteiger partial charge in [0.25, 0.3) is 5.78 Å². The highest BCUT2D eigenvalue weighted by molar-refractivity contribution is 7.07. The van der Waals surface area contributed by atoms with Crippen LogP contribution < -0.4 is 4.74 Å². The summed E-state index contributed by atoms with van der Waals surface area (Å²) < 4.78 is 7.52. The van der Waals surface area contributed by atoms with Crippen LogP contribution in [0.3, 0.4) is 0 Å². The Labute approximate surface area is 136 Å². The van der Waals surface area contributed by atoms with Gasteiger partial charge in [0.1, 0.15) is 12.4 Å². The number of carbonyl (C=O) groups excluding carboxylic acids is 1. The van der Waals surface area contributed by atoms with Crippen LogP contribution >= 0.6 is 11.3 Å². The lowest BCUT2D eigenvalue weighted by Crippen LogP contribution is -2.56. The molecule has 1 saturated heterocycles. The van der Waals surface area contributed by atoms with Crippen LogP contribution in [0.2, 0.25) is 0 Å². The Morgan fingerprint density at radius 1 is 1.48 bits per heavy atom. The second-order valence-corrected chi connectivity index (χ2v) is 6.33. The van der Waals surface area contributed by atoms with Gasteiger partial charge >= 0.3 is 0 Å². The van der Waals surface area contributed by atoms with Gasteiger partial charge in [-0.25, -0.2) is 4.98 Å². The minimum absolute atomic E-state index is 0.0179. The number of ether oxygens (including phenoxy) is 1. The SMILES string of the molecule is Cc1cc(OC2CN(C(=O)Cc3ccsc3)C2)n2ncnc2n1. The molecule has 8 heteroatoms. The monoisotopic (exact) mass is 329 g/mol. The molecule has 23 heavy (non-hydrogen) atoms. The Kier molecular flexibility index (Phi) is 3.45. The molecule has 0 N–H and O–H groups in total. The third-order valence-electron chi connectivity index (χ3n) is 3.77. The molecule has 4 rings (SSSR count). The summed E-state index contributed by atoms with van der Waals surface area (Å²) in [7, 11) is 0. The lowest BCUT2D eigenvalue weighted by atomic mass is 10.1. The van der Waals surface area contributed by atoms with Crippen molar-refractivity contribution in [3.63, 3.8) is 0 Å². The maximum atomic E-state index is 12.2. The molecule has 0 bridgehead atoms. The molecule has 0 unspecified atom stereocenters. The number of fused-ring (bicyclic) bond motifs is 1. The number of carbonyl (C=O) groups is 1. The van der Waals surface area contributed by atoms with Crippen LogP contribution in [0.5, 0.6) is 5.88 Å². The predicted octanol–water partition coefficient (Wildman–Crippen LogP) is 1.33. The van der Waals surface area contributed by atoms with E-state index in [0.717, 1.165) is 11.3 Å². The molecule has 0 saturated carbocycles. The summed E-state index contributed by atoms with van der Waals surface area (Å²) >= 11 is 1.61. The number of aryl methyl sites for hydroxylation is 1. The predicted molar refractivity (Wildman–Crippen MR) is 84.5 cm³/mol. The van der Waals surface area contributed by atoms with Crippen LogP contribution in [0.1, 0.15) is 11.3 Å². The molecular weight excluding hydrogens is 314 g/mol. The van der Waals surface area contributed by atoms with E-state index in [1.165, 1.54) is 6.33 Å². The molecule has 1 fully saturated rings. The fourth-order valence-electron chi connectivity index (χ4n) is 2.55. The first-order valence-corrected chi connectivity index (χ1v) is 8.26. The number of amides is 1. The Morgan fingerprint density at radius 3 is 3.13 bits per heavy atom. The van der Waals surface area contributed by atoms with Gasteiger partial charge in [-0.2, -0.15) is 25.9 Å². The molecule has 3 aromatic heterocycles. The molecule has 7 nitrogen and oxygen atoms in total. The summed E-state index contributed by atoms with van der Waals surface area (Å²) in [5.41, 5.74) is 1.89. The lowest BCUT2D eigenvalue weighted by Gasteiger charge is -2.38. The van der Waals surface area contributed by atoms with Gasteiger partial charge in [0, 0.05) is 11.8 Å². The topological polar surface area (TPSA) is 72.6 Å². The third kappa shape index (κ3) is 2.77. The van der Waals surface area contributed by atoms with Crippen molar-refractivity contribution in [3.8, 4) is 5.88 Å². The maximum Gasteiger partial charge on any atom is 0.255 e. The van der Waals surface area contributed by atoms with Gasteiger partial charge in [-0.05, 0) is 29.3 Å². The quantitative estimate of drug-likeness (QED) is 0.722. The lowest BCUT2D eigenvalue weighted by molar-refractivity contribution is -0.139. The Balaban J connectivity index is 1.38. The number of hydrogen-bond acceptors (Lipinski definition) is 6. The number of rotatable bonds is 4. The van der Waals surface area contributed by atoms with Crippen molar-refractivity contribution in [3.05, 3.63) is 40.5 Å². The first-order chi connectivity index (χ1) is 11.2. The Hall–Kier alpha value is -2.48. The van der Waals surface area contributed by atoms with Gasteiger partial charge in [0.2, 0.25) is 11.8 Å². The van der Waals surface area contributed by atoms with Crippen LogP contribution in [-0.4, -0.2) is 49.6 Å². The molecular formula is C15H15N5O2S. The van der Waals surface area contributed by atoms with Gasteiger partial charge in [-0.1, -0.05) is 0 Å². The van der Waals surface area contributed by atoms with Crippen molar-refractivity contribution in [2.45, 2.75) is 19.4 Å². The normalized spacial score (nSPS) is 14.9. The standard InChI is InChI=1S/C15H15N5O2S/c1-10-4-14(20-15(18-10)16-9-17-20)22-12-6-19(7-12)13(21)5-11-2-3-23-8-11/h2-4,8-9,12H,5-7H2,1H3. The fourth-order valence-corrected chi connectivity index (χ4v) is 3.22. The van der Waals surface area contributed by atoms with Gasteiger partial charge in [-0.15, -0.1) is 0 Å². The molecule has 0 spiro atoms. The molecule has 3 aromatic rings. The van der Waals surface area contributed by atoms with Crippen LogP contribution in [0.4, 0.5) is 0 Å². The first-order valence-electron chi connectivity index (χ1n) is 7.32. The number of likely N-dealkylation sites (tertiary alicyclic amines) is 1. The van der Waals surface area contributed by atoms with Crippen molar-refractivity contribution in [2.24, 2.45) is 0 Å². The molecule has 0 aliphatic carbocycles.